The van der Waals surface area contributed by atoms with Crippen molar-refractivity contribution < 1.29 is 8.42 Å². The van der Waals surface area contributed by atoms with E-state index >= 15 is 0 Å². The van der Waals surface area contributed by atoms with Crippen LogP contribution < -0.4 is 5.32 Å². The van der Waals surface area contributed by atoms with Gasteiger partial charge in [-0.3, -0.25) is 0 Å². The van der Waals surface area contributed by atoms with Gasteiger partial charge in [-0.2, -0.15) is 0 Å². The molecular formula is C13H23NO2S2. The second kappa shape index (κ2) is 7.92. The van der Waals surface area contributed by atoms with Gasteiger partial charge in [0.1, 0.15) is 4.21 Å². The summed E-state index contributed by atoms with van der Waals surface area (Å²) in [6, 6.07) is 3.92. The normalized spacial score (nSPS) is 13.7. The van der Waals surface area contributed by atoms with Gasteiger partial charge in [0.05, 0.1) is 5.75 Å². The molecule has 3 nitrogen and oxygen atoms in total. The molecule has 0 saturated heterocycles. The molecule has 0 aliphatic rings. The van der Waals surface area contributed by atoms with Gasteiger partial charge in [0.15, 0.2) is 9.84 Å². The summed E-state index contributed by atoms with van der Waals surface area (Å²) in [6.07, 6.45) is 3.83. The zero-order valence-electron chi connectivity index (χ0n) is 11.2. The zero-order valence-corrected chi connectivity index (χ0v) is 12.8. The molecule has 5 heteroatoms. The van der Waals surface area contributed by atoms with Crippen LogP contribution in [0.4, 0.5) is 0 Å². The molecule has 1 rings (SSSR count). The van der Waals surface area contributed by atoms with Gasteiger partial charge in [-0.05, 0) is 43.7 Å². The lowest BCUT2D eigenvalue weighted by molar-refractivity contribution is 0.463. The molecule has 0 amide bonds. The molecule has 0 bridgehead atoms. The highest BCUT2D eigenvalue weighted by molar-refractivity contribution is 7.93. The number of hydrogen-bond donors (Lipinski definition) is 1. The first kappa shape index (κ1) is 15.7. The van der Waals surface area contributed by atoms with Crippen molar-refractivity contribution in [3.63, 3.8) is 0 Å². The summed E-state index contributed by atoms with van der Waals surface area (Å²) in [7, 11) is -3.05. The fraction of sp³-hybridized carbons (Fsp3) is 0.692. The summed E-state index contributed by atoms with van der Waals surface area (Å²) >= 11 is 1.30. The van der Waals surface area contributed by atoms with E-state index in [1.54, 1.807) is 12.1 Å². The van der Waals surface area contributed by atoms with Crippen molar-refractivity contribution in [3.8, 4) is 0 Å². The van der Waals surface area contributed by atoms with Gasteiger partial charge in [0.2, 0.25) is 0 Å². The molecular weight excluding hydrogens is 266 g/mol. The summed E-state index contributed by atoms with van der Waals surface area (Å²) < 4.78 is 24.4. The second-order valence-corrected chi connectivity index (χ2v) is 7.74. The maximum atomic E-state index is 12.0. The third kappa shape index (κ3) is 5.08. The van der Waals surface area contributed by atoms with E-state index in [1.807, 2.05) is 5.38 Å². The van der Waals surface area contributed by atoms with E-state index in [4.69, 9.17) is 0 Å². The van der Waals surface area contributed by atoms with Crippen molar-refractivity contribution in [1.82, 2.24) is 5.32 Å². The van der Waals surface area contributed by atoms with Crippen LogP contribution in [0.25, 0.3) is 0 Å². The van der Waals surface area contributed by atoms with Gasteiger partial charge < -0.3 is 5.32 Å². The molecule has 0 aliphatic carbocycles. The first-order chi connectivity index (χ1) is 8.60. The molecule has 0 saturated carbocycles. The van der Waals surface area contributed by atoms with Crippen molar-refractivity contribution in [2.75, 3.05) is 12.3 Å². The molecule has 0 aromatic carbocycles. The van der Waals surface area contributed by atoms with Crippen molar-refractivity contribution in [2.45, 2.75) is 49.8 Å². The Balaban J connectivity index is 2.36. The standard InChI is InChI=1S/C13H23NO2S2/c1-3-9-14-12(4-2)7-6-11-18(15,16)13-8-5-10-17-13/h5,8,10,12,14H,3-4,6-7,9,11H2,1-2H3. The topological polar surface area (TPSA) is 46.2 Å². The Kier molecular flexibility index (Phi) is 6.89. The minimum absolute atomic E-state index is 0.262. The second-order valence-electron chi connectivity index (χ2n) is 4.45. The highest BCUT2D eigenvalue weighted by Crippen LogP contribution is 2.19. The Morgan fingerprint density at radius 1 is 1.39 bits per heavy atom. The van der Waals surface area contributed by atoms with Crippen molar-refractivity contribution in [1.29, 1.82) is 0 Å². The average Bonchev–Trinajstić information content (AvgIpc) is 2.88. The predicted octanol–water partition coefficient (Wildman–Crippen LogP) is 3.08. The lowest BCUT2D eigenvalue weighted by Crippen LogP contribution is -2.29. The van der Waals surface area contributed by atoms with E-state index in [-0.39, 0.29) is 5.75 Å². The van der Waals surface area contributed by atoms with Crippen LogP contribution in [0, 0.1) is 0 Å². The zero-order chi connectivity index (χ0) is 13.4. The minimum Gasteiger partial charge on any atom is -0.314 e. The Labute approximate surface area is 115 Å². The SMILES string of the molecule is CCCNC(CC)CCCS(=O)(=O)c1cccs1. The van der Waals surface area contributed by atoms with Crippen LogP contribution in [0.5, 0.6) is 0 Å². The van der Waals surface area contributed by atoms with Gasteiger partial charge in [-0.1, -0.05) is 19.9 Å². The highest BCUT2D eigenvalue weighted by Gasteiger charge is 2.15. The molecule has 1 unspecified atom stereocenters. The van der Waals surface area contributed by atoms with Gasteiger partial charge in [0, 0.05) is 6.04 Å². The average molecular weight is 289 g/mol. The number of rotatable bonds is 9. The number of thiophene rings is 1. The fourth-order valence-corrected chi connectivity index (χ4v) is 4.35. The van der Waals surface area contributed by atoms with Crippen LogP contribution in [0.2, 0.25) is 0 Å². The third-order valence-electron chi connectivity index (χ3n) is 2.94. The first-order valence-electron chi connectivity index (χ1n) is 6.59. The van der Waals surface area contributed by atoms with Crippen molar-refractivity contribution >= 4 is 21.2 Å². The first-order valence-corrected chi connectivity index (χ1v) is 9.13. The highest BCUT2D eigenvalue weighted by atomic mass is 32.2. The summed E-state index contributed by atoms with van der Waals surface area (Å²) in [5.74, 6) is 0.262. The molecule has 0 radical (unpaired) electrons. The van der Waals surface area contributed by atoms with Crippen molar-refractivity contribution in [3.05, 3.63) is 17.5 Å². The summed E-state index contributed by atoms with van der Waals surface area (Å²) in [5.41, 5.74) is 0. The Morgan fingerprint density at radius 3 is 2.72 bits per heavy atom. The molecule has 1 aromatic heterocycles. The Morgan fingerprint density at radius 2 is 2.17 bits per heavy atom. The summed E-state index contributed by atoms with van der Waals surface area (Å²) in [4.78, 5) is 0. The third-order valence-corrected chi connectivity index (χ3v) is 6.23. The number of nitrogens with one attached hydrogen (secondary N) is 1. The minimum atomic E-state index is -3.05. The lowest BCUT2D eigenvalue weighted by Gasteiger charge is -2.16. The van der Waals surface area contributed by atoms with Crippen LogP contribution in [0.1, 0.15) is 39.5 Å². The smallest absolute Gasteiger partial charge is 0.187 e. The molecule has 1 aromatic rings. The molecule has 18 heavy (non-hydrogen) atoms. The van der Waals surface area contributed by atoms with E-state index in [0.29, 0.717) is 10.3 Å². The summed E-state index contributed by atoms with van der Waals surface area (Å²) in [6.45, 7) is 5.29. The molecule has 0 spiro atoms. The van der Waals surface area contributed by atoms with Crippen LogP contribution >= 0.6 is 11.3 Å². The van der Waals surface area contributed by atoms with Crippen LogP contribution in [0.3, 0.4) is 0 Å². The number of hydrogen-bond acceptors (Lipinski definition) is 4. The fourth-order valence-electron chi connectivity index (χ4n) is 1.86. The molecule has 1 atom stereocenters. The van der Waals surface area contributed by atoms with Crippen LogP contribution in [-0.4, -0.2) is 26.8 Å². The molecule has 104 valence electrons. The maximum Gasteiger partial charge on any atom is 0.187 e. The van der Waals surface area contributed by atoms with E-state index < -0.39 is 9.84 Å². The monoisotopic (exact) mass is 289 g/mol. The molecule has 1 heterocycles. The van der Waals surface area contributed by atoms with Crippen LogP contribution in [0.15, 0.2) is 21.7 Å². The van der Waals surface area contributed by atoms with Gasteiger partial charge >= 0.3 is 0 Å². The van der Waals surface area contributed by atoms with Crippen LogP contribution in [-0.2, 0) is 9.84 Å². The Bertz CT molecular complexity index is 412. The largest absolute Gasteiger partial charge is 0.314 e. The Hall–Kier alpha value is -0.390. The molecule has 0 fully saturated rings. The number of sulfone groups is 1. The quantitative estimate of drug-likeness (QED) is 0.760. The van der Waals surface area contributed by atoms with Gasteiger partial charge in [-0.25, -0.2) is 8.42 Å². The van der Waals surface area contributed by atoms with E-state index in [2.05, 4.69) is 19.2 Å². The maximum absolute atomic E-state index is 12.0. The van der Waals surface area contributed by atoms with E-state index in [9.17, 15) is 8.42 Å². The molecule has 0 aliphatic heterocycles. The summed E-state index contributed by atoms with van der Waals surface area (Å²) in [5, 5.41) is 5.26. The molecule has 1 N–H and O–H groups in total. The van der Waals surface area contributed by atoms with Gasteiger partial charge in [-0.15, -0.1) is 11.3 Å². The van der Waals surface area contributed by atoms with Gasteiger partial charge in [0.25, 0.3) is 0 Å². The van der Waals surface area contributed by atoms with E-state index in [1.165, 1.54) is 11.3 Å². The lowest BCUT2D eigenvalue weighted by atomic mass is 10.1. The van der Waals surface area contributed by atoms with Crippen molar-refractivity contribution in [2.24, 2.45) is 0 Å². The predicted molar refractivity (Wildman–Crippen MR) is 78.0 cm³/mol. The van der Waals surface area contributed by atoms with E-state index in [0.717, 1.165) is 32.2 Å².